The number of nitrogens with zero attached hydrogens (tertiary/aromatic N) is 1. The molecule has 0 amide bonds. The van der Waals surface area contributed by atoms with E-state index in [2.05, 4.69) is 11.1 Å². The second-order valence-electron chi connectivity index (χ2n) is 4.50. The predicted octanol–water partition coefficient (Wildman–Crippen LogP) is 3.36. The fraction of sp³-hybridized carbons (Fsp3) is 0.357. The van der Waals surface area contributed by atoms with Crippen molar-refractivity contribution >= 4 is 11.3 Å². The molecule has 0 aliphatic rings. The Hall–Kier alpha value is -1.39. The van der Waals surface area contributed by atoms with E-state index in [4.69, 9.17) is 10.5 Å². The molecule has 2 N–H and O–H groups in total. The number of rotatable bonds is 4. The fourth-order valence-corrected chi connectivity index (χ4v) is 2.43. The molecule has 1 aromatic carbocycles. The van der Waals surface area contributed by atoms with Gasteiger partial charge >= 0.3 is 0 Å². The third-order valence-electron chi connectivity index (χ3n) is 2.68. The zero-order valence-corrected chi connectivity index (χ0v) is 11.8. The van der Waals surface area contributed by atoms with Gasteiger partial charge in [0.05, 0.1) is 0 Å². The number of hydrogen-bond acceptors (Lipinski definition) is 4. The van der Waals surface area contributed by atoms with E-state index >= 15 is 0 Å². The number of nitrogens with two attached hydrogens (primary N) is 1. The van der Waals surface area contributed by atoms with E-state index in [1.807, 2.05) is 38.3 Å². The summed E-state index contributed by atoms with van der Waals surface area (Å²) < 4.78 is 5.85. The lowest BCUT2D eigenvalue weighted by Crippen LogP contribution is -2.08. The molecule has 3 nitrogen and oxygen atoms in total. The number of aromatic nitrogens is 1. The maximum absolute atomic E-state index is 5.94. The van der Waals surface area contributed by atoms with Crippen LogP contribution in [0.15, 0.2) is 23.6 Å². The highest BCUT2D eigenvalue weighted by Gasteiger charge is 2.09. The van der Waals surface area contributed by atoms with Gasteiger partial charge in [0.15, 0.2) is 0 Å². The Bertz CT molecular complexity index is 534. The Morgan fingerprint density at radius 1 is 1.39 bits per heavy atom. The standard InChI is InChI=1S/C14H18N2OS/c1-9-4-5-12(11(3)15)13(6-9)17-7-14-16-10(2)8-18-14/h4-6,8,11H,7,15H2,1-3H3/t11-/m0/s1. The summed E-state index contributed by atoms with van der Waals surface area (Å²) in [5.41, 5.74) is 9.19. The van der Waals surface area contributed by atoms with Gasteiger partial charge in [-0.3, -0.25) is 0 Å². The van der Waals surface area contributed by atoms with Crippen molar-refractivity contribution < 1.29 is 4.74 Å². The van der Waals surface area contributed by atoms with Crippen LogP contribution >= 0.6 is 11.3 Å². The normalized spacial score (nSPS) is 12.4. The SMILES string of the molecule is Cc1ccc([C@H](C)N)c(OCc2nc(C)cs2)c1. The first-order chi connectivity index (χ1) is 8.56. The average molecular weight is 262 g/mol. The number of aryl methyl sites for hydroxylation is 2. The van der Waals surface area contributed by atoms with Crippen LogP contribution in [0.4, 0.5) is 0 Å². The Kier molecular flexibility index (Phi) is 3.99. The van der Waals surface area contributed by atoms with Crippen LogP contribution in [-0.4, -0.2) is 4.98 Å². The van der Waals surface area contributed by atoms with Crippen LogP contribution in [0.2, 0.25) is 0 Å². The summed E-state index contributed by atoms with van der Waals surface area (Å²) in [7, 11) is 0. The summed E-state index contributed by atoms with van der Waals surface area (Å²) in [5, 5.41) is 3.02. The van der Waals surface area contributed by atoms with Crippen molar-refractivity contribution in [1.82, 2.24) is 4.98 Å². The first-order valence-corrected chi connectivity index (χ1v) is 6.84. The second-order valence-corrected chi connectivity index (χ2v) is 5.44. The third kappa shape index (κ3) is 3.09. The maximum atomic E-state index is 5.94. The largest absolute Gasteiger partial charge is 0.486 e. The Labute approximate surface area is 112 Å². The molecule has 0 unspecified atom stereocenters. The number of ether oxygens (including phenoxy) is 1. The molecule has 96 valence electrons. The van der Waals surface area contributed by atoms with Crippen molar-refractivity contribution in [2.75, 3.05) is 0 Å². The molecule has 2 aromatic rings. The minimum atomic E-state index is -0.0290. The molecule has 0 bridgehead atoms. The van der Waals surface area contributed by atoms with Crippen LogP contribution < -0.4 is 10.5 Å². The molecule has 1 atom stereocenters. The van der Waals surface area contributed by atoms with E-state index in [0.29, 0.717) is 6.61 Å². The maximum Gasteiger partial charge on any atom is 0.140 e. The first-order valence-electron chi connectivity index (χ1n) is 5.96. The molecular formula is C14H18N2OS. The monoisotopic (exact) mass is 262 g/mol. The zero-order valence-electron chi connectivity index (χ0n) is 10.9. The van der Waals surface area contributed by atoms with Crippen LogP contribution in [0.5, 0.6) is 5.75 Å². The predicted molar refractivity (Wildman–Crippen MR) is 75.0 cm³/mol. The van der Waals surface area contributed by atoms with Crippen LogP contribution in [0.25, 0.3) is 0 Å². The highest BCUT2D eigenvalue weighted by Crippen LogP contribution is 2.26. The zero-order chi connectivity index (χ0) is 13.1. The Morgan fingerprint density at radius 3 is 2.78 bits per heavy atom. The van der Waals surface area contributed by atoms with Crippen molar-refractivity contribution in [1.29, 1.82) is 0 Å². The van der Waals surface area contributed by atoms with Gasteiger partial charge in [-0.05, 0) is 32.4 Å². The molecule has 0 aliphatic carbocycles. The fourth-order valence-electron chi connectivity index (χ4n) is 1.75. The van der Waals surface area contributed by atoms with Gasteiger partial charge in [-0.15, -0.1) is 11.3 Å². The summed E-state index contributed by atoms with van der Waals surface area (Å²) in [6.07, 6.45) is 0. The van der Waals surface area contributed by atoms with Gasteiger partial charge in [-0.2, -0.15) is 0 Å². The molecule has 2 rings (SSSR count). The van der Waals surface area contributed by atoms with Gasteiger partial charge in [0, 0.05) is 22.7 Å². The molecule has 0 spiro atoms. The minimum Gasteiger partial charge on any atom is -0.486 e. The van der Waals surface area contributed by atoms with E-state index in [-0.39, 0.29) is 6.04 Å². The molecule has 1 aromatic heterocycles. The smallest absolute Gasteiger partial charge is 0.140 e. The molecule has 0 saturated carbocycles. The van der Waals surface area contributed by atoms with Crippen molar-refractivity contribution in [3.8, 4) is 5.75 Å². The van der Waals surface area contributed by atoms with Crippen molar-refractivity contribution in [2.24, 2.45) is 5.73 Å². The van der Waals surface area contributed by atoms with E-state index in [1.165, 1.54) is 5.56 Å². The number of benzene rings is 1. The van der Waals surface area contributed by atoms with E-state index in [0.717, 1.165) is 22.0 Å². The highest BCUT2D eigenvalue weighted by atomic mass is 32.1. The summed E-state index contributed by atoms with van der Waals surface area (Å²) in [6, 6.07) is 6.08. The van der Waals surface area contributed by atoms with Crippen LogP contribution in [-0.2, 0) is 6.61 Å². The summed E-state index contributed by atoms with van der Waals surface area (Å²) in [4.78, 5) is 4.38. The van der Waals surface area contributed by atoms with E-state index in [1.54, 1.807) is 11.3 Å². The van der Waals surface area contributed by atoms with Crippen LogP contribution in [0.3, 0.4) is 0 Å². The quantitative estimate of drug-likeness (QED) is 0.919. The lowest BCUT2D eigenvalue weighted by Gasteiger charge is -2.14. The van der Waals surface area contributed by atoms with Gasteiger partial charge < -0.3 is 10.5 Å². The van der Waals surface area contributed by atoms with Crippen molar-refractivity contribution in [3.05, 3.63) is 45.4 Å². The van der Waals surface area contributed by atoms with Crippen molar-refractivity contribution in [2.45, 2.75) is 33.4 Å². The second kappa shape index (κ2) is 5.50. The van der Waals surface area contributed by atoms with Crippen LogP contribution in [0.1, 0.15) is 34.8 Å². The summed E-state index contributed by atoms with van der Waals surface area (Å²) >= 11 is 1.62. The lowest BCUT2D eigenvalue weighted by molar-refractivity contribution is 0.300. The van der Waals surface area contributed by atoms with Gasteiger partial charge in [-0.25, -0.2) is 4.98 Å². The average Bonchev–Trinajstić information content (AvgIpc) is 2.72. The van der Waals surface area contributed by atoms with E-state index < -0.39 is 0 Å². The van der Waals surface area contributed by atoms with Crippen molar-refractivity contribution in [3.63, 3.8) is 0 Å². The molecule has 0 fully saturated rings. The third-order valence-corrected chi connectivity index (χ3v) is 3.62. The molecule has 0 radical (unpaired) electrons. The highest BCUT2D eigenvalue weighted by molar-refractivity contribution is 7.09. The molecule has 18 heavy (non-hydrogen) atoms. The Balaban J connectivity index is 2.15. The topological polar surface area (TPSA) is 48.1 Å². The summed E-state index contributed by atoms with van der Waals surface area (Å²) in [6.45, 7) is 6.50. The van der Waals surface area contributed by atoms with Gasteiger partial charge in [-0.1, -0.05) is 12.1 Å². The van der Waals surface area contributed by atoms with E-state index in [9.17, 15) is 0 Å². The lowest BCUT2D eigenvalue weighted by atomic mass is 10.1. The molecular weight excluding hydrogens is 244 g/mol. The summed E-state index contributed by atoms with van der Waals surface area (Å²) in [5.74, 6) is 0.859. The first kappa shape index (κ1) is 13.1. The molecule has 0 saturated heterocycles. The van der Waals surface area contributed by atoms with Gasteiger partial charge in [0.2, 0.25) is 0 Å². The Morgan fingerprint density at radius 2 is 2.17 bits per heavy atom. The van der Waals surface area contributed by atoms with Gasteiger partial charge in [0.25, 0.3) is 0 Å². The number of hydrogen-bond donors (Lipinski definition) is 1. The van der Waals surface area contributed by atoms with Gasteiger partial charge in [0.1, 0.15) is 17.4 Å². The van der Waals surface area contributed by atoms with Crippen LogP contribution in [0, 0.1) is 13.8 Å². The minimum absolute atomic E-state index is 0.0290. The molecule has 4 heteroatoms. The molecule has 0 aliphatic heterocycles. The number of thiazole rings is 1. The molecule has 1 heterocycles.